The van der Waals surface area contributed by atoms with E-state index in [1.165, 1.54) is 295 Å². The van der Waals surface area contributed by atoms with E-state index < -0.39 is 23.2 Å². The highest BCUT2D eigenvalue weighted by Gasteiger charge is 2.48. The lowest BCUT2D eigenvalue weighted by atomic mass is 9.74. The summed E-state index contributed by atoms with van der Waals surface area (Å²) in [6.45, 7) is 6.00. The van der Waals surface area contributed by atoms with E-state index in [0.29, 0.717) is 51.8 Å². The van der Waals surface area contributed by atoms with Crippen molar-refractivity contribution in [1.82, 2.24) is 11.6 Å². The molecular weight excluding hydrogens is 1430 g/mol. The SMILES string of the molecule is C[Si](C)(CCC[N+](c1ccccc1)(c1ccccc1)c1ccccc1)[O][Al]1[n]2c3c4cc(C5CCCCC5)c(C5CCCCC5)cc4c2N=C2N=C(N=c4c5cc(C6CCCCC6)c(C6CCCCC6)cc5c([n]41)=NC1=NC(=N3)c3cc(C4CCCCC4)c(C4CCCCC4)cc31)c1cc(C3CCCCC3)c(C3CCCCC3)cc12. The fourth-order valence-corrected chi connectivity index (χ4v) is 31.6. The number of nitrogens with zero attached hydrogens (tertiary/aromatic N) is 9. The van der Waals surface area contributed by atoms with E-state index in [9.17, 15) is 0 Å². The highest BCUT2D eigenvalue weighted by atomic mass is 28.4. The molecule has 4 aliphatic heterocycles. The molecule has 0 N–H and O–H groups in total. The van der Waals surface area contributed by atoms with Crippen LogP contribution in [0.5, 0.6) is 0 Å². The standard InChI is InChI=1S/C80H96N8.C23H27NOSi.Al/c1-9-25-49(26-10-1)57-41-65-66(42-58(57)50-27-11-2-12-28-50)74-81-73(65)85-75-67-43-59(51-29-13-3-14-30-51)60(52-31-15-4-16-32-52)44-68(67)77(82-75)87-79-71-47-63(55-37-21-7-22-38-55)64(56-39-23-8-24-40-56)48-72(71)80(84-79)88-78-70-46-62(54-35-19-6-20-36-54)61(53-33-17-5-18-34-53)45-69(70)76(83-78)86-74;1-26(2,25)20-12-19-24(21-13-6-3-7-14-21,22-15-8-4-9-16-22)23-17-10-5-11-18-23;/h41-56H,1-40H2;3-11,13-18H,12,19-20H2,1-2H3;/q-2;;+3. The molecule has 12 heteroatoms. The van der Waals surface area contributed by atoms with Crippen molar-refractivity contribution in [2.45, 2.75) is 330 Å². The zero-order valence-electron chi connectivity index (χ0n) is 69.3. The van der Waals surface area contributed by atoms with Crippen LogP contribution in [0.15, 0.2) is 169 Å². The number of aromatic nitrogens is 2. The normalized spacial score (nSPS) is 21.3. The van der Waals surface area contributed by atoms with Crippen molar-refractivity contribution in [3.63, 3.8) is 0 Å². The van der Waals surface area contributed by atoms with Gasteiger partial charge in [-0.3, -0.25) is 0 Å². The molecule has 0 radical (unpaired) electrons. The molecule has 8 saturated carbocycles. The summed E-state index contributed by atoms with van der Waals surface area (Å²) in [6.07, 6.45) is 52.0. The van der Waals surface area contributed by atoms with Crippen LogP contribution in [0.3, 0.4) is 0 Å². The van der Waals surface area contributed by atoms with E-state index in [1.807, 2.05) is 0 Å². The van der Waals surface area contributed by atoms with Crippen LogP contribution in [0.25, 0.3) is 21.5 Å². The van der Waals surface area contributed by atoms with Crippen molar-refractivity contribution in [2.24, 2.45) is 30.0 Å². The minimum absolute atomic E-state index is 0.485. The van der Waals surface area contributed by atoms with Gasteiger partial charge < -0.3 is 10.6 Å². The largest absolute Gasteiger partial charge is 0.798 e. The fourth-order valence-electron chi connectivity index (χ4n) is 25.1. The van der Waals surface area contributed by atoms with Crippen LogP contribution < -0.4 is 15.5 Å². The predicted molar refractivity (Wildman–Crippen MR) is 481 cm³/mol. The fraction of sp³-hybridized carbons (Fsp3) is 0.515. The van der Waals surface area contributed by atoms with Crippen LogP contribution in [0.2, 0.25) is 19.1 Å². The van der Waals surface area contributed by atoms with Crippen molar-refractivity contribution >= 4 is 96.8 Å². The Labute approximate surface area is 690 Å². The van der Waals surface area contributed by atoms with Gasteiger partial charge in [0.15, 0.2) is 31.7 Å². The van der Waals surface area contributed by atoms with Crippen LogP contribution in [0.4, 0.5) is 28.7 Å². The Hall–Kier alpha value is -7.43. The minimum atomic E-state index is -3.38. The first-order valence-corrected chi connectivity index (χ1v) is 51.7. The van der Waals surface area contributed by atoms with E-state index in [0.717, 1.165) is 87.2 Å². The van der Waals surface area contributed by atoms with Crippen LogP contribution in [0.1, 0.15) is 377 Å². The second-order valence-corrected chi connectivity index (χ2v) is 45.3. The number of quaternary nitrogens is 1. The lowest BCUT2D eigenvalue weighted by Crippen LogP contribution is -2.53. The van der Waals surface area contributed by atoms with Gasteiger partial charge in [-0.15, -0.1) is 0 Å². The zero-order chi connectivity index (χ0) is 76.6. The molecule has 10 nitrogen and oxygen atoms in total. The summed E-state index contributed by atoms with van der Waals surface area (Å²) in [4.78, 5) is 38.2. The Morgan fingerprint density at radius 2 is 0.557 bits per heavy atom. The second-order valence-electron chi connectivity index (χ2n) is 38.6. The molecule has 21 rings (SSSR count). The second kappa shape index (κ2) is 32.4. The summed E-state index contributed by atoms with van der Waals surface area (Å²) >= 11 is -3.38. The van der Waals surface area contributed by atoms with Gasteiger partial charge in [-0.25, -0.2) is 34.4 Å². The lowest BCUT2D eigenvalue weighted by Gasteiger charge is -2.38. The van der Waals surface area contributed by atoms with Crippen LogP contribution in [-0.2, 0) is 3.48 Å². The van der Waals surface area contributed by atoms with Crippen molar-refractivity contribution in [3.05, 3.63) is 217 Å². The maximum Gasteiger partial charge on any atom is 0.798 e. The minimum Gasteiger partial charge on any atom is -0.509 e. The highest BCUT2D eigenvalue weighted by Crippen LogP contribution is 2.53. The van der Waals surface area contributed by atoms with E-state index in [-0.39, 0.29) is 0 Å². The lowest BCUT2D eigenvalue weighted by molar-refractivity contribution is 0.419. The summed E-state index contributed by atoms with van der Waals surface area (Å²) < 4.78 is 15.1. The topological polar surface area (TPSA) is 93.2 Å². The third-order valence-electron chi connectivity index (χ3n) is 31.1. The van der Waals surface area contributed by atoms with Crippen molar-refractivity contribution in [2.75, 3.05) is 6.54 Å². The van der Waals surface area contributed by atoms with Gasteiger partial charge >= 0.3 is 14.9 Å². The van der Waals surface area contributed by atoms with Gasteiger partial charge in [0.1, 0.15) is 39.7 Å². The Kier molecular flexibility index (Phi) is 21.1. The summed E-state index contributed by atoms with van der Waals surface area (Å²) in [7, 11) is -2.91. The van der Waals surface area contributed by atoms with Gasteiger partial charge in [0.05, 0.1) is 6.54 Å². The zero-order valence-corrected chi connectivity index (χ0v) is 71.5. The molecule has 12 aliphatic rings. The van der Waals surface area contributed by atoms with Gasteiger partial charge in [-0.1, -0.05) is 209 Å². The molecule has 115 heavy (non-hydrogen) atoms. The monoisotopic (exact) mass is 1560 g/mol. The molecule has 6 heterocycles. The molecule has 0 amide bonds. The molecule has 9 aromatic rings. The van der Waals surface area contributed by atoms with E-state index in [4.69, 9.17) is 33.4 Å². The molecule has 0 saturated heterocycles. The Balaban J connectivity index is 0.885. The maximum atomic E-state index is 9.08. The van der Waals surface area contributed by atoms with Crippen LogP contribution in [-0.4, -0.2) is 60.2 Å². The van der Waals surface area contributed by atoms with Gasteiger partial charge in [0.2, 0.25) is 0 Å². The number of rotatable bonds is 17. The van der Waals surface area contributed by atoms with Crippen molar-refractivity contribution < 1.29 is 3.48 Å². The molecule has 0 unspecified atom stereocenters. The maximum absolute atomic E-state index is 9.08. The summed E-state index contributed by atoms with van der Waals surface area (Å²) in [5.41, 5.74) is 23.0. The molecule has 592 valence electrons. The van der Waals surface area contributed by atoms with Gasteiger partial charge in [-0.2, -0.15) is 0 Å². The van der Waals surface area contributed by atoms with Crippen molar-refractivity contribution in [1.29, 1.82) is 0 Å². The Bertz CT molecular complexity index is 5040. The first-order chi connectivity index (χ1) is 56.7. The summed E-state index contributed by atoms with van der Waals surface area (Å²) in [5, 5.41) is 4.80. The average Bonchev–Trinajstić information content (AvgIpc) is 1.54. The smallest absolute Gasteiger partial charge is 0.509 e. The third-order valence-corrected chi connectivity index (χ3v) is 37.9. The summed E-state index contributed by atoms with van der Waals surface area (Å²) in [5.74, 6) is 9.16. The number of benzene rings is 7. The number of aliphatic imine (C=N–C) groups is 4. The molecule has 0 atom stereocenters. The van der Waals surface area contributed by atoms with Gasteiger partial charge in [0.25, 0.3) is 0 Å². The molecular formula is C103H123AlN9OSi+. The molecule has 8 fully saturated rings. The number of para-hydroxylation sites is 3. The average molecular weight is 1560 g/mol. The number of hydrogen-bond donors (Lipinski definition) is 0. The number of amidine groups is 4. The molecule has 8 aliphatic carbocycles. The molecule has 7 aromatic carbocycles. The van der Waals surface area contributed by atoms with Crippen LogP contribution in [0, 0.1) is 0 Å². The molecule has 0 spiro atoms. The quantitative estimate of drug-likeness (QED) is 0.0659. The van der Waals surface area contributed by atoms with E-state index >= 15 is 0 Å². The first-order valence-electron chi connectivity index (χ1n) is 47.1. The molecule has 6 bridgehead atoms. The third kappa shape index (κ3) is 14.1. The van der Waals surface area contributed by atoms with E-state index in [2.05, 4.69) is 160 Å². The summed E-state index contributed by atoms with van der Waals surface area (Å²) in [6, 6.07) is 56.7. The Morgan fingerprint density at radius 1 is 0.304 bits per heavy atom. The predicted octanol–water partition coefficient (Wildman–Crippen LogP) is 27.6. The van der Waals surface area contributed by atoms with Crippen molar-refractivity contribution in [3.8, 4) is 0 Å². The van der Waals surface area contributed by atoms with E-state index in [1.54, 1.807) is 44.5 Å². The Morgan fingerprint density at radius 3 is 0.835 bits per heavy atom. The number of fused-ring (bicyclic) bond motifs is 14. The highest BCUT2D eigenvalue weighted by molar-refractivity contribution is 6.78. The van der Waals surface area contributed by atoms with Gasteiger partial charge in [0, 0.05) is 43.8 Å². The van der Waals surface area contributed by atoms with Gasteiger partial charge in [-0.05, 0) is 305 Å². The molecule has 2 aromatic heterocycles. The number of hydrogen-bond acceptors (Lipinski definition) is 7. The first kappa shape index (κ1) is 75.1. The van der Waals surface area contributed by atoms with Crippen LogP contribution >= 0.6 is 0 Å².